The van der Waals surface area contributed by atoms with Gasteiger partial charge in [-0.05, 0) is 50.8 Å². The van der Waals surface area contributed by atoms with E-state index in [-0.39, 0.29) is 18.2 Å². The smallest absolute Gasteiger partial charge is 0.410 e. The molecule has 1 aliphatic heterocycles. The van der Waals surface area contributed by atoms with Crippen LogP contribution in [0.4, 0.5) is 10.5 Å². The zero-order valence-electron chi connectivity index (χ0n) is 16.8. The molecule has 7 nitrogen and oxygen atoms in total. The van der Waals surface area contributed by atoms with E-state index in [1.807, 2.05) is 51.0 Å². The molecule has 27 heavy (non-hydrogen) atoms. The molecule has 0 aliphatic carbocycles. The zero-order valence-corrected chi connectivity index (χ0v) is 17.6. The lowest BCUT2D eigenvalue weighted by atomic mass is 9.91. The van der Waals surface area contributed by atoms with Crippen LogP contribution >= 0.6 is 0 Å². The van der Waals surface area contributed by atoms with Crippen LogP contribution < -0.4 is 9.62 Å². The Morgan fingerprint density at radius 3 is 2.67 bits per heavy atom. The van der Waals surface area contributed by atoms with Crippen LogP contribution in [-0.4, -0.2) is 64.5 Å². The number of hydrogen-bond acceptors (Lipinski definition) is 5. The van der Waals surface area contributed by atoms with Gasteiger partial charge in [-0.3, -0.25) is 0 Å². The number of rotatable bonds is 6. The molecule has 1 aromatic carbocycles. The molecule has 1 fully saturated rings. The molecular weight excluding hydrogens is 366 g/mol. The van der Waals surface area contributed by atoms with Gasteiger partial charge in [0.15, 0.2) is 0 Å². The Kier molecular flexibility index (Phi) is 7.11. The molecular formula is C19H31N3O4S. The van der Waals surface area contributed by atoms with Crippen molar-refractivity contribution in [2.45, 2.75) is 51.3 Å². The van der Waals surface area contributed by atoms with Gasteiger partial charge in [0.2, 0.25) is 10.0 Å². The van der Waals surface area contributed by atoms with Crippen molar-refractivity contribution in [3.8, 4) is 0 Å². The maximum absolute atomic E-state index is 12.6. The van der Waals surface area contributed by atoms with Gasteiger partial charge in [0.05, 0.1) is 18.4 Å². The number of benzene rings is 1. The Bertz CT molecular complexity index is 749. The normalized spacial score (nSPS) is 20.6. The third-order valence-corrected chi connectivity index (χ3v) is 5.32. The topological polar surface area (TPSA) is 79.0 Å². The maximum atomic E-state index is 12.6. The molecule has 0 bridgehead atoms. The first-order valence-corrected chi connectivity index (χ1v) is 11.2. The van der Waals surface area contributed by atoms with E-state index >= 15 is 0 Å². The largest absolute Gasteiger partial charge is 0.447 e. The molecule has 0 aromatic heterocycles. The molecule has 1 N–H and O–H groups in total. The lowest BCUT2D eigenvalue weighted by molar-refractivity contribution is 0.0461. The van der Waals surface area contributed by atoms with Crippen LogP contribution in [0.3, 0.4) is 0 Å². The lowest BCUT2D eigenvalue weighted by Gasteiger charge is -2.41. The van der Waals surface area contributed by atoms with Crippen molar-refractivity contribution in [1.29, 1.82) is 0 Å². The third kappa shape index (κ3) is 6.39. The van der Waals surface area contributed by atoms with Crippen LogP contribution in [0.2, 0.25) is 0 Å². The fraction of sp³-hybridized carbons (Fsp3) is 0.632. The number of amides is 1. The van der Waals surface area contributed by atoms with Crippen molar-refractivity contribution in [2.75, 3.05) is 31.8 Å². The van der Waals surface area contributed by atoms with E-state index in [0.717, 1.165) is 23.9 Å². The van der Waals surface area contributed by atoms with Gasteiger partial charge in [-0.2, -0.15) is 0 Å². The number of nitrogens with zero attached hydrogens (tertiary/aromatic N) is 2. The predicted octanol–water partition coefficient (Wildman–Crippen LogP) is 2.22. The SMILES string of the molecule is CC(C)OC(=O)N1CCC[C@@H](NS(C)(=O)=O)[C@H]1Cc1cccc(N(C)C)c1. The second kappa shape index (κ2) is 8.93. The van der Waals surface area contributed by atoms with Crippen LogP contribution in [0.25, 0.3) is 0 Å². The van der Waals surface area contributed by atoms with Gasteiger partial charge in [-0.25, -0.2) is 17.9 Å². The Labute approximate surface area is 162 Å². The van der Waals surface area contributed by atoms with Crippen molar-refractivity contribution in [3.63, 3.8) is 0 Å². The van der Waals surface area contributed by atoms with E-state index in [1.54, 1.807) is 4.90 Å². The molecule has 0 radical (unpaired) electrons. The van der Waals surface area contributed by atoms with Gasteiger partial charge < -0.3 is 14.5 Å². The number of nitrogens with one attached hydrogen (secondary N) is 1. The maximum Gasteiger partial charge on any atom is 0.410 e. The number of carbonyl (C=O) groups is 1. The van der Waals surface area contributed by atoms with Crippen molar-refractivity contribution in [1.82, 2.24) is 9.62 Å². The number of carbonyl (C=O) groups excluding carboxylic acids is 1. The number of piperidine rings is 1. The van der Waals surface area contributed by atoms with E-state index in [2.05, 4.69) is 10.8 Å². The Hall–Kier alpha value is -1.80. The lowest BCUT2D eigenvalue weighted by Crippen LogP contribution is -2.58. The summed E-state index contributed by atoms with van der Waals surface area (Å²) in [6.45, 7) is 4.18. The van der Waals surface area contributed by atoms with Gasteiger partial charge >= 0.3 is 6.09 Å². The average Bonchev–Trinajstić information content (AvgIpc) is 2.54. The monoisotopic (exact) mass is 397 g/mol. The van der Waals surface area contributed by atoms with E-state index < -0.39 is 16.1 Å². The number of sulfonamides is 1. The van der Waals surface area contributed by atoms with Gasteiger partial charge in [-0.1, -0.05) is 12.1 Å². The van der Waals surface area contributed by atoms with E-state index in [9.17, 15) is 13.2 Å². The van der Waals surface area contributed by atoms with Crippen LogP contribution in [-0.2, 0) is 21.2 Å². The second-order valence-corrected chi connectivity index (χ2v) is 9.38. The molecule has 1 heterocycles. The number of ether oxygens (including phenoxy) is 1. The number of anilines is 1. The number of hydrogen-bond donors (Lipinski definition) is 1. The summed E-state index contributed by atoms with van der Waals surface area (Å²) in [5.41, 5.74) is 2.11. The summed E-state index contributed by atoms with van der Waals surface area (Å²) >= 11 is 0. The summed E-state index contributed by atoms with van der Waals surface area (Å²) in [6.07, 6.45) is 2.52. The average molecular weight is 398 g/mol. The molecule has 1 saturated heterocycles. The standard InChI is InChI=1S/C19H31N3O4S/c1-14(2)26-19(23)22-11-7-10-17(20-27(5,24)25)18(22)13-15-8-6-9-16(12-15)21(3)4/h6,8-9,12,14,17-18,20H,7,10-11,13H2,1-5H3/t17-,18-/m1/s1. The van der Waals surface area contributed by atoms with Crippen LogP contribution in [0.15, 0.2) is 24.3 Å². The molecule has 2 atom stereocenters. The molecule has 0 saturated carbocycles. The second-order valence-electron chi connectivity index (χ2n) is 7.60. The first-order chi connectivity index (χ1) is 12.6. The van der Waals surface area contributed by atoms with Gasteiger partial charge in [0.25, 0.3) is 0 Å². The Morgan fingerprint density at radius 2 is 2.07 bits per heavy atom. The van der Waals surface area contributed by atoms with Crippen LogP contribution in [0.5, 0.6) is 0 Å². The van der Waals surface area contributed by atoms with E-state index in [1.165, 1.54) is 0 Å². The predicted molar refractivity (Wildman–Crippen MR) is 108 cm³/mol. The fourth-order valence-electron chi connectivity index (χ4n) is 3.42. The minimum absolute atomic E-state index is 0.224. The molecule has 0 spiro atoms. The van der Waals surface area contributed by atoms with Crippen molar-refractivity contribution in [2.24, 2.45) is 0 Å². The minimum Gasteiger partial charge on any atom is -0.447 e. The highest BCUT2D eigenvalue weighted by Gasteiger charge is 2.36. The highest BCUT2D eigenvalue weighted by atomic mass is 32.2. The summed E-state index contributed by atoms with van der Waals surface area (Å²) in [5.74, 6) is 0. The molecule has 1 aliphatic rings. The molecule has 8 heteroatoms. The number of likely N-dealkylation sites (tertiary alicyclic amines) is 1. The summed E-state index contributed by atoms with van der Waals surface area (Å²) < 4.78 is 31.8. The molecule has 1 aromatic rings. The summed E-state index contributed by atoms with van der Waals surface area (Å²) in [5, 5.41) is 0. The highest BCUT2D eigenvalue weighted by molar-refractivity contribution is 7.88. The molecule has 2 rings (SSSR count). The van der Waals surface area contributed by atoms with Crippen LogP contribution in [0.1, 0.15) is 32.3 Å². The Morgan fingerprint density at radius 1 is 1.37 bits per heavy atom. The molecule has 1 amide bonds. The Balaban J connectivity index is 2.31. The van der Waals surface area contributed by atoms with Gasteiger partial charge in [-0.15, -0.1) is 0 Å². The van der Waals surface area contributed by atoms with Gasteiger partial charge in [0.1, 0.15) is 0 Å². The van der Waals surface area contributed by atoms with E-state index in [4.69, 9.17) is 4.74 Å². The van der Waals surface area contributed by atoms with Gasteiger partial charge in [0, 0.05) is 32.4 Å². The minimum atomic E-state index is -3.38. The van der Waals surface area contributed by atoms with Crippen molar-refractivity contribution >= 4 is 21.8 Å². The quantitative estimate of drug-likeness (QED) is 0.796. The summed E-state index contributed by atoms with van der Waals surface area (Å²) in [7, 11) is 0.565. The molecule has 152 valence electrons. The summed E-state index contributed by atoms with van der Waals surface area (Å²) in [4.78, 5) is 16.3. The third-order valence-electron chi connectivity index (χ3n) is 4.59. The van der Waals surface area contributed by atoms with E-state index in [0.29, 0.717) is 19.4 Å². The van der Waals surface area contributed by atoms with Crippen molar-refractivity contribution < 1.29 is 17.9 Å². The summed E-state index contributed by atoms with van der Waals surface area (Å²) in [6, 6.07) is 7.43. The van der Waals surface area contributed by atoms with Crippen molar-refractivity contribution in [3.05, 3.63) is 29.8 Å². The first kappa shape index (κ1) is 21.5. The molecule has 0 unspecified atom stereocenters. The van der Waals surface area contributed by atoms with Crippen LogP contribution in [0, 0.1) is 0 Å². The zero-order chi connectivity index (χ0) is 20.2. The first-order valence-electron chi connectivity index (χ1n) is 9.27. The fourth-order valence-corrected chi connectivity index (χ4v) is 4.25. The highest BCUT2D eigenvalue weighted by Crippen LogP contribution is 2.25.